The zero-order valence-electron chi connectivity index (χ0n) is 10.6. The summed E-state index contributed by atoms with van der Waals surface area (Å²) in [5.74, 6) is -1.76. The number of carboxylic acids is 1. The number of hydrogen-bond donors (Lipinski definition) is 1. The van der Waals surface area contributed by atoms with Crippen LogP contribution in [0.5, 0.6) is 0 Å². The molecule has 0 spiro atoms. The molecule has 4 nitrogen and oxygen atoms in total. The van der Waals surface area contributed by atoms with E-state index in [1.54, 1.807) is 0 Å². The van der Waals surface area contributed by atoms with Crippen LogP contribution in [0.25, 0.3) is 0 Å². The molecule has 1 fully saturated rings. The Hall–Kier alpha value is -1.60. The van der Waals surface area contributed by atoms with E-state index in [0.29, 0.717) is 23.7 Å². The summed E-state index contributed by atoms with van der Waals surface area (Å²) in [6, 6.07) is 0. The third kappa shape index (κ3) is 2.94. The second-order valence-electron chi connectivity index (χ2n) is 5.08. The maximum absolute atomic E-state index is 14.5. The molecule has 112 valence electrons. The Labute approximate surface area is 112 Å². The van der Waals surface area contributed by atoms with Gasteiger partial charge in [-0.05, 0) is 12.8 Å². The Bertz CT molecular complexity index is 504. The summed E-state index contributed by atoms with van der Waals surface area (Å²) in [6.45, 7) is -0.454. The van der Waals surface area contributed by atoms with Crippen LogP contribution < -0.4 is 0 Å². The number of carbonyl (C=O) groups is 1. The molecule has 0 aliphatic heterocycles. The summed E-state index contributed by atoms with van der Waals surface area (Å²) < 4.78 is 53.2. The number of nitrogens with zero attached hydrogens (tertiary/aromatic N) is 2. The van der Waals surface area contributed by atoms with Gasteiger partial charge < -0.3 is 5.11 Å². The summed E-state index contributed by atoms with van der Waals surface area (Å²) >= 11 is 0. The van der Waals surface area contributed by atoms with Crippen molar-refractivity contribution in [2.24, 2.45) is 0 Å². The number of aromatic nitrogens is 2. The molecular formula is C12H14F4N2O2. The van der Waals surface area contributed by atoms with Gasteiger partial charge in [0.25, 0.3) is 0 Å². The van der Waals surface area contributed by atoms with Gasteiger partial charge in [-0.15, -0.1) is 0 Å². The van der Waals surface area contributed by atoms with E-state index >= 15 is 0 Å². The normalized spacial score (nSPS) is 19.0. The Morgan fingerprint density at radius 2 is 1.95 bits per heavy atom. The minimum Gasteiger partial charge on any atom is -0.477 e. The van der Waals surface area contributed by atoms with Gasteiger partial charge in [0, 0.05) is 0 Å². The molecule has 8 heteroatoms. The molecule has 2 rings (SSSR count). The van der Waals surface area contributed by atoms with Gasteiger partial charge in [-0.3, -0.25) is 4.68 Å². The number of alkyl halides is 4. The molecule has 1 N–H and O–H groups in total. The SMILES string of the molecule is O=C(O)c1c(C(F)(F)F)cnn1CC1(F)CCCCC1. The fraction of sp³-hybridized carbons (Fsp3) is 0.667. The lowest BCUT2D eigenvalue weighted by atomic mass is 9.86. The largest absolute Gasteiger partial charge is 0.477 e. The van der Waals surface area contributed by atoms with Crippen molar-refractivity contribution in [2.45, 2.75) is 50.5 Å². The monoisotopic (exact) mass is 294 g/mol. The molecule has 0 bridgehead atoms. The molecule has 0 radical (unpaired) electrons. The lowest BCUT2D eigenvalue weighted by Gasteiger charge is -2.29. The third-order valence-electron chi connectivity index (χ3n) is 3.53. The summed E-state index contributed by atoms with van der Waals surface area (Å²) in [6.07, 6.45) is -1.78. The van der Waals surface area contributed by atoms with Gasteiger partial charge in [0.1, 0.15) is 11.2 Å². The molecule has 0 atom stereocenters. The van der Waals surface area contributed by atoms with Gasteiger partial charge in [-0.2, -0.15) is 18.3 Å². The van der Waals surface area contributed by atoms with Crippen LogP contribution in [0.3, 0.4) is 0 Å². The van der Waals surface area contributed by atoms with E-state index in [4.69, 9.17) is 5.11 Å². The van der Waals surface area contributed by atoms with E-state index < -0.39 is 35.6 Å². The van der Waals surface area contributed by atoms with E-state index in [2.05, 4.69) is 5.10 Å². The topological polar surface area (TPSA) is 55.1 Å². The third-order valence-corrected chi connectivity index (χ3v) is 3.53. The number of rotatable bonds is 3. The van der Waals surface area contributed by atoms with Crippen LogP contribution in [0.2, 0.25) is 0 Å². The van der Waals surface area contributed by atoms with Crippen LogP contribution in [0.1, 0.15) is 48.2 Å². The van der Waals surface area contributed by atoms with Crippen molar-refractivity contribution in [1.29, 1.82) is 0 Å². The summed E-state index contributed by atoms with van der Waals surface area (Å²) in [4.78, 5) is 11.0. The van der Waals surface area contributed by atoms with Crippen molar-refractivity contribution in [3.8, 4) is 0 Å². The van der Waals surface area contributed by atoms with Crippen molar-refractivity contribution in [2.75, 3.05) is 0 Å². The molecule has 0 saturated heterocycles. The van der Waals surface area contributed by atoms with Crippen LogP contribution in [0.15, 0.2) is 6.20 Å². The zero-order valence-corrected chi connectivity index (χ0v) is 10.6. The Balaban J connectivity index is 2.33. The maximum Gasteiger partial charge on any atom is 0.420 e. The Morgan fingerprint density at radius 1 is 1.35 bits per heavy atom. The lowest BCUT2D eigenvalue weighted by Crippen LogP contribution is -2.33. The van der Waals surface area contributed by atoms with E-state index in [1.807, 2.05) is 0 Å². The molecule has 1 saturated carbocycles. The maximum atomic E-state index is 14.5. The molecule has 1 aromatic rings. The molecule has 0 aromatic carbocycles. The van der Waals surface area contributed by atoms with Crippen LogP contribution >= 0.6 is 0 Å². The second kappa shape index (κ2) is 5.06. The summed E-state index contributed by atoms with van der Waals surface area (Å²) in [7, 11) is 0. The fourth-order valence-corrected chi connectivity index (χ4v) is 2.55. The zero-order chi connectivity index (χ0) is 15.0. The average molecular weight is 294 g/mol. The Morgan fingerprint density at radius 3 is 2.45 bits per heavy atom. The van der Waals surface area contributed by atoms with Crippen LogP contribution in [-0.4, -0.2) is 26.5 Å². The first-order chi connectivity index (χ1) is 9.23. The smallest absolute Gasteiger partial charge is 0.420 e. The van der Waals surface area contributed by atoms with Crippen molar-refractivity contribution in [3.63, 3.8) is 0 Å². The van der Waals surface area contributed by atoms with E-state index in [0.717, 1.165) is 6.42 Å². The minimum absolute atomic E-state index is 0.216. The number of halogens is 4. The molecule has 0 unspecified atom stereocenters. The molecule has 0 amide bonds. The quantitative estimate of drug-likeness (QED) is 0.870. The van der Waals surface area contributed by atoms with Crippen molar-refractivity contribution < 1.29 is 27.5 Å². The molecule has 1 aliphatic carbocycles. The first-order valence-electron chi connectivity index (χ1n) is 6.28. The van der Waals surface area contributed by atoms with E-state index in [9.17, 15) is 22.4 Å². The summed E-state index contributed by atoms with van der Waals surface area (Å²) in [5.41, 5.74) is -4.03. The van der Waals surface area contributed by atoms with Crippen LogP contribution in [0.4, 0.5) is 17.6 Å². The second-order valence-corrected chi connectivity index (χ2v) is 5.08. The fourth-order valence-electron chi connectivity index (χ4n) is 2.55. The minimum atomic E-state index is -4.82. The van der Waals surface area contributed by atoms with Crippen LogP contribution in [0, 0.1) is 0 Å². The summed E-state index contributed by atoms with van der Waals surface area (Å²) in [5, 5.41) is 12.3. The van der Waals surface area contributed by atoms with Crippen molar-refractivity contribution >= 4 is 5.97 Å². The number of aromatic carboxylic acids is 1. The van der Waals surface area contributed by atoms with Gasteiger partial charge in [0.05, 0.1) is 12.7 Å². The first kappa shape index (κ1) is 14.8. The first-order valence-corrected chi connectivity index (χ1v) is 6.28. The van der Waals surface area contributed by atoms with Gasteiger partial charge in [0.15, 0.2) is 5.69 Å². The molecule has 1 aromatic heterocycles. The Kier molecular flexibility index (Phi) is 3.75. The van der Waals surface area contributed by atoms with Crippen molar-refractivity contribution in [3.05, 3.63) is 17.5 Å². The van der Waals surface area contributed by atoms with Crippen molar-refractivity contribution in [1.82, 2.24) is 9.78 Å². The molecule has 1 heterocycles. The van der Waals surface area contributed by atoms with E-state index in [-0.39, 0.29) is 12.8 Å². The number of carboxylic acid groups (broad SMARTS) is 1. The lowest BCUT2D eigenvalue weighted by molar-refractivity contribution is -0.138. The number of hydrogen-bond acceptors (Lipinski definition) is 2. The van der Waals surface area contributed by atoms with Gasteiger partial charge in [-0.1, -0.05) is 19.3 Å². The van der Waals surface area contributed by atoms with E-state index in [1.165, 1.54) is 0 Å². The molecule has 1 aliphatic rings. The van der Waals surface area contributed by atoms with Gasteiger partial charge in [0.2, 0.25) is 0 Å². The average Bonchev–Trinajstić information content (AvgIpc) is 2.72. The highest BCUT2D eigenvalue weighted by Gasteiger charge is 2.41. The highest BCUT2D eigenvalue weighted by molar-refractivity contribution is 5.87. The predicted octanol–water partition coefficient (Wildman–Crippen LogP) is 3.27. The highest BCUT2D eigenvalue weighted by atomic mass is 19.4. The highest BCUT2D eigenvalue weighted by Crippen LogP contribution is 2.36. The standard InChI is InChI=1S/C12H14F4N2O2/c13-11(4-2-1-3-5-11)7-18-9(10(19)20)8(6-17-18)12(14,15)16/h6H,1-5,7H2,(H,19,20). The molecule has 20 heavy (non-hydrogen) atoms. The van der Waals surface area contributed by atoms with Gasteiger partial charge >= 0.3 is 12.1 Å². The van der Waals surface area contributed by atoms with Gasteiger partial charge in [-0.25, -0.2) is 9.18 Å². The molecular weight excluding hydrogens is 280 g/mol. The predicted molar refractivity (Wildman–Crippen MR) is 61.1 cm³/mol. The van der Waals surface area contributed by atoms with Crippen LogP contribution in [-0.2, 0) is 12.7 Å².